The van der Waals surface area contributed by atoms with Gasteiger partial charge in [0.25, 0.3) is 5.56 Å². The van der Waals surface area contributed by atoms with E-state index in [1.807, 2.05) is 0 Å². The molecule has 0 N–H and O–H groups in total. The third kappa shape index (κ3) is 1.43. The molecule has 1 aromatic heterocycles. The van der Waals surface area contributed by atoms with Gasteiger partial charge >= 0.3 is 5.69 Å². The van der Waals surface area contributed by atoms with E-state index < -0.39 is 0 Å². The minimum absolute atomic E-state index is 0.154. The third-order valence-electron chi connectivity index (χ3n) is 5.61. The van der Waals surface area contributed by atoms with Gasteiger partial charge in [-0.05, 0) is 31.1 Å². The molecule has 5 nitrogen and oxygen atoms in total. The van der Waals surface area contributed by atoms with Crippen molar-refractivity contribution in [3.63, 3.8) is 0 Å². The Hall–Kier alpha value is -1.52. The standard InChI is InChI=1S/C15H20N2O3/c1-16-13(18)12-11-7-9(6-8-4-3-5-10(8)11)20-14(12)17(2)15(16)19/h8-11H,3-7H2,1-2H3/t8-,9+,10+,11+/m0/s1. The molecule has 108 valence electrons. The minimum atomic E-state index is -0.295. The van der Waals surface area contributed by atoms with E-state index in [4.69, 9.17) is 4.74 Å². The highest BCUT2D eigenvalue weighted by Crippen LogP contribution is 2.53. The molecule has 0 saturated heterocycles. The summed E-state index contributed by atoms with van der Waals surface area (Å²) in [6.07, 6.45) is 5.96. The van der Waals surface area contributed by atoms with E-state index in [0.717, 1.165) is 18.4 Å². The molecule has 0 radical (unpaired) electrons. The molecule has 4 atom stereocenters. The number of hydrogen-bond donors (Lipinski definition) is 0. The zero-order valence-electron chi connectivity index (χ0n) is 12.0. The first-order valence-corrected chi connectivity index (χ1v) is 7.54. The molecule has 2 fully saturated rings. The van der Waals surface area contributed by atoms with Crippen molar-refractivity contribution in [2.45, 2.75) is 44.1 Å². The number of hydrogen-bond acceptors (Lipinski definition) is 3. The first kappa shape index (κ1) is 12.2. The zero-order valence-corrected chi connectivity index (χ0v) is 12.0. The van der Waals surface area contributed by atoms with Gasteiger partial charge in [-0.25, -0.2) is 4.79 Å². The number of ether oxygens (including phenoxy) is 1. The molecule has 20 heavy (non-hydrogen) atoms. The van der Waals surface area contributed by atoms with Crippen LogP contribution in [0.5, 0.6) is 5.88 Å². The van der Waals surface area contributed by atoms with Crippen molar-refractivity contribution in [1.29, 1.82) is 0 Å². The Kier molecular flexibility index (Phi) is 2.44. The first-order valence-electron chi connectivity index (χ1n) is 7.54. The highest BCUT2D eigenvalue weighted by molar-refractivity contribution is 5.33. The van der Waals surface area contributed by atoms with Crippen molar-refractivity contribution >= 4 is 0 Å². The van der Waals surface area contributed by atoms with Crippen molar-refractivity contribution in [3.8, 4) is 5.88 Å². The molecule has 2 aliphatic carbocycles. The smallest absolute Gasteiger partial charge is 0.333 e. The Balaban J connectivity index is 1.96. The fourth-order valence-corrected chi connectivity index (χ4v) is 4.68. The molecule has 1 aliphatic heterocycles. The van der Waals surface area contributed by atoms with Crippen LogP contribution in [-0.4, -0.2) is 15.2 Å². The summed E-state index contributed by atoms with van der Waals surface area (Å²) < 4.78 is 8.74. The summed E-state index contributed by atoms with van der Waals surface area (Å²) in [5.41, 5.74) is 0.304. The molecule has 5 heteroatoms. The van der Waals surface area contributed by atoms with E-state index in [1.54, 1.807) is 14.1 Å². The van der Waals surface area contributed by atoms with E-state index in [1.165, 1.54) is 28.4 Å². The number of rotatable bonds is 0. The lowest BCUT2D eigenvalue weighted by Gasteiger charge is -2.43. The van der Waals surface area contributed by atoms with Gasteiger partial charge in [-0.1, -0.05) is 12.8 Å². The molecular formula is C15H20N2O3. The molecule has 4 rings (SSSR count). The Labute approximate surface area is 117 Å². The van der Waals surface area contributed by atoms with E-state index in [0.29, 0.717) is 17.7 Å². The zero-order chi connectivity index (χ0) is 14.0. The summed E-state index contributed by atoms with van der Waals surface area (Å²) in [4.78, 5) is 24.6. The fourth-order valence-electron chi connectivity index (χ4n) is 4.68. The molecule has 0 aromatic carbocycles. The summed E-state index contributed by atoms with van der Waals surface area (Å²) in [6.45, 7) is 0. The molecule has 1 aromatic rings. The lowest BCUT2D eigenvalue weighted by molar-refractivity contribution is 0.0505. The van der Waals surface area contributed by atoms with Crippen LogP contribution in [0.2, 0.25) is 0 Å². The van der Waals surface area contributed by atoms with Crippen LogP contribution in [0.25, 0.3) is 0 Å². The summed E-state index contributed by atoms with van der Waals surface area (Å²) in [5.74, 6) is 2.13. The van der Waals surface area contributed by atoms with Gasteiger partial charge < -0.3 is 4.74 Å². The largest absolute Gasteiger partial charge is 0.475 e. The maximum atomic E-state index is 12.5. The molecule has 2 saturated carbocycles. The third-order valence-corrected chi connectivity index (χ3v) is 5.61. The summed E-state index contributed by atoms with van der Waals surface area (Å²) >= 11 is 0. The van der Waals surface area contributed by atoms with Crippen LogP contribution >= 0.6 is 0 Å². The molecule has 2 heterocycles. The van der Waals surface area contributed by atoms with Crippen LogP contribution in [0, 0.1) is 11.8 Å². The predicted molar refractivity (Wildman–Crippen MR) is 74.1 cm³/mol. The Bertz CT molecular complexity index is 688. The van der Waals surface area contributed by atoms with Gasteiger partial charge in [-0.3, -0.25) is 13.9 Å². The van der Waals surface area contributed by atoms with Gasteiger partial charge in [0.1, 0.15) is 6.10 Å². The van der Waals surface area contributed by atoms with Gasteiger partial charge in [0.15, 0.2) is 0 Å². The predicted octanol–water partition coefficient (Wildman–Crippen LogP) is 1.14. The molecule has 0 spiro atoms. The second-order valence-corrected chi connectivity index (χ2v) is 6.60. The van der Waals surface area contributed by atoms with Gasteiger partial charge in [-0.15, -0.1) is 0 Å². The maximum absolute atomic E-state index is 12.5. The molecule has 0 unspecified atom stereocenters. The van der Waals surface area contributed by atoms with Gasteiger partial charge in [0.05, 0.1) is 5.56 Å². The van der Waals surface area contributed by atoms with E-state index >= 15 is 0 Å². The van der Waals surface area contributed by atoms with Crippen LogP contribution in [-0.2, 0) is 14.1 Å². The van der Waals surface area contributed by atoms with Crippen LogP contribution in [0.3, 0.4) is 0 Å². The Morgan fingerprint density at radius 1 is 1.10 bits per heavy atom. The molecule has 2 bridgehead atoms. The number of nitrogens with zero attached hydrogens (tertiary/aromatic N) is 2. The summed E-state index contributed by atoms with van der Waals surface area (Å²) in [5, 5.41) is 0. The van der Waals surface area contributed by atoms with Gasteiger partial charge in [0.2, 0.25) is 5.88 Å². The number of fused-ring (bicyclic) bond motifs is 6. The van der Waals surface area contributed by atoms with Crippen LogP contribution in [0.4, 0.5) is 0 Å². The van der Waals surface area contributed by atoms with Crippen LogP contribution < -0.4 is 16.0 Å². The van der Waals surface area contributed by atoms with Gasteiger partial charge in [-0.2, -0.15) is 0 Å². The van der Waals surface area contributed by atoms with E-state index in [2.05, 4.69) is 0 Å². The molecule has 0 amide bonds. The fraction of sp³-hybridized carbons (Fsp3) is 0.733. The van der Waals surface area contributed by atoms with Crippen molar-refractivity contribution in [3.05, 3.63) is 26.4 Å². The average molecular weight is 276 g/mol. The van der Waals surface area contributed by atoms with Gasteiger partial charge in [0, 0.05) is 20.0 Å². The molecule has 3 aliphatic rings. The monoisotopic (exact) mass is 276 g/mol. The van der Waals surface area contributed by atoms with Crippen LogP contribution in [0.15, 0.2) is 9.59 Å². The Morgan fingerprint density at radius 2 is 1.90 bits per heavy atom. The maximum Gasteiger partial charge on any atom is 0.333 e. The summed E-state index contributed by atoms with van der Waals surface area (Å²) in [7, 11) is 3.26. The minimum Gasteiger partial charge on any atom is -0.475 e. The summed E-state index contributed by atoms with van der Waals surface area (Å²) in [6, 6.07) is 0. The van der Waals surface area contributed by atoms with E-state index in [-0.39, 0.29) is 23.3 Å². The van der Waals surface area contributed by atoms with Crippen molar-refractivity contribution in [2.75, 3.05) is 0 Å². The van der Waals surface area contributed by atoms with Crippen molar-refractivity contribution < 1.29 is 4.74 Å². The van der Waals surface area contributed by atoms with E-state index in [9.17, 15) is 9.59 Å². The second kappa shape index (κ2) is 3.99. The highest BCUT2D eigenvalue weighted by Gasteiger charge is 2.47. The molecular weight excluding hydrogens is 256 g/mol. The van der Waals surface area contributed by atoms with Crippen molar-refractivity contribution in [2.24, 2.45) is 25.9 Å². The second-order valence-electron chi connectivity index (χ2n) is 6.60. The average Bonchev–Trinajstić information content (AvgIpc) is 2.90. The normalized spacial score (nSPS) is 34.3. The topological polar surface area (TPSA) is 53.2 Å². The number of aromatic nitrogens is 2. The van der Waals surface area contributed by atoms with Crippen molar-refractivity contribution in [1.82, 2.24) is 9.13 Å². The first-order chi connectivity index (χ1) is 9.58. The lowest BCUT2D eigenvalue weighted by atomic mass is 9.69. The van der Waals surface area contributed by atoms with Crippen LogP contribution in [0.1, 0.15) is 43.6 Å². The lowest BCUT2D eigenvalue weighted by Crippen LogP contribution is -2.47. The highest BCUT2D eigenvalue weighted by atomic mass is 16.5. The Morgan fingerprint density at radius 3 is 2.70 bits per heavy atom. The quantitative estimate of drug-likeness (QED) is 0.714. The SMILES string of the molecule is Cn1c2c(c(=O)n(C)c1=O)[C@@H]1C[C@@H](C[C@@H]3CCC[C@H]31)O2.